The summed E-state index contributed by atoms with van der Waals surface area (Å²) in [6, 6.07) is 7.76. The van der Waals surface area contributed by atoms with Gasteiger partial charge in [0.25, 0.3) is 5.91 Å². The Morgan fingerprint density at radius 2 is 1.50 bits per heavy atom. The van der Waals surface area contributed by atoms with Gasteiger partial charge in [0.1, 0.15) is 22.9 Å². The first-order valence-electron chi connectivity index (χ1n) is 14.6. The first kappa shape index (κ1) is 30.9. The smallest absolute Gasteiger partial charge is 0.260 e. The van der Waals surface area contributed by atoms with Crippen LogP contribution in [0.15, 0.2) is 65.3 Å². The monoisotopic (exact) mass is 546 g/mol. The minimum absolute atomic E-state index is 0.0138. The van der Waals surface area contributed by atoms with Gasteiger partial charge in [0.05, 0.1) is 16.9 Å². The van der Waals surface area contributed by atoms with Gasteiger partial charge in [0.2, 0.25) is 0 Å². The second kappa shape index (κ2) is 14.6. The fourth-order valence-corrected chi connectivity index (χ4v) is 5.11. The highest BCUT2D eigenvalue weighted by atomic mass is 16.3. The Morgan fingerprint density at radius 1 is 0.800 bits per heavy atom. The number of carbonyl (C=O) groups excluding carboxylic acids is 1. The molecule has 0 bridgehead atoms. The minimum Gasteiger partial charge on any atom is -0.508 e. The Morgan fingerprint density at radius 3 is 2.20 bits per heavy atom. The number of allylic oxidation sites excluding steroid dienone is 5. The molecule has 0 saturated heterocycles. The predicted octanol–water partition coefficient (Wildman–Crippen LogP) is 8.90. The van der Waals surface area contributed by atoms with E-state index in [2.05, 4.69) is 46.8 Å². The molecule has 1 amide bonds. The summed E-state index contributed by atoms with van der Waals surface area (Å²) in [6.07, 6.45) is 14.5. The molecule has 40 heavy (non-hydrogen) atoms. The summed E-state index contributed by atoms with van der Waals surface area (Å²) in [5, 5.41) is 32.4. The number of hydrogen-bond acceptors (Lipinski definition) is 5. The maximum absolute atomic E-state index is 13.9. The van der Waals surface area contributed by atoms with E-state index in [0.29, 0.717) is 29.2 Å². The topological polar surface area (TPSA) is 84.2 Å². The number of para-hydroxylation sites is 1. The average Bonchev–Trinajstić information content (AvgIpc) is 2.98. The number of aromatic hydroxyl groups is 3. The van der Waals surface area contributed by atoms with Crippen molar-refractivity contribution in [3.05, 3.63) is 70.8 Å². The summed E-state index contributed by atoms with van der Waals surface area (Å²) in [6.45, 7) is 11.4. The maximum atomic E-state index is 13.9. The Balaban J connectivity index is 1.91. The molecule has 0 fully saturated rings. The molecule has 6 heteroatoms. The van der Waals surface area contributed by atoms with E-state index in [9.17, 15) is 20.1 Å². The van der Waals surface area contributed by atoms with E-state index in [4.69, 9.17) is 0 Å². The Kier molecular flexibility index (Phi) is 11.3. The highest BCUT2D eigenvalue weighted by Crippen LogP contribution is 2.50. The van der Waals surface area contributed by atoms with Gasteiger partial charge in [0, 0.05) is 25.2 Å². The first-order chi connectivity index (χ1) is 19.1. The molecule has 1 aliphatic heterocycles. The Labute approximate surface area is 240 Å². The number of fused-ring (bicyclic) bond motifs is 2. The SMILES string of the molecule is CCCCCCN1c2c(O)cccc2C(=O)N(C/C=C(\C)CC/C=C(\C)CCC=C(C)C)c2cc(O)cc(O)c21. The van der Waals surface area contributed by atoms with Crippen LogP contribution in [0, 0.1) is 0 Å². The third kappa shape index (κ3) is 7.93. The first-order valence-corrected chi connectivity index (χ1v) is 14.6. The summed E-state index contributed by atoms with van der Waals surface area (Å²) >= 11 is 0. The zero-order valence-electron chi connectivity index (χ0n) is 24.8. The quantitative estimate of drug-likeness (QED) is 0.173. The molecular formula is C34H46N2O4. The molecule has 3 rings (SSSR count). The van der Waals surface area contributed by atoms with Gasteiger partial charge < -0.3 is 25.1 Å². The molecule has 0 unspecified atom stereocenters. The van der Waals surface area contributed by atoms with Crippen molar-refractivity contribution in [3.63, 3.8) is 0 Å². The van der Waals surface area contributed by atoms with Crippen LogP contribution in [0.25, 0.3) is 0 Å². The normalized spacial score (nSPS) is 13.7. The van der Waals surface area contributed by atoms with Crippen LogP contribution in [0.4, 0.5) is 17.1 Å². The summed E-state index contributed by atoms with van der Waals surface area (Å²) in [4.78, 5) is 17.4. The van der Waals surface area contributed by atoms with Gasteiger partial charge in [0.15, 0.2) is 0 Å². The fraction of sp³-hybridized carbons (Fsp3) is 0.441. The number of rotatable bonds is 13. The minimum atomic E-state index is -0.285. The number of phenols is 3. The lowest BCUT2D eigenvalue weighted by Crippen LogP contribution is -2.30. The summed E-state index contributed by atoms with van der Waals surface area (Å²) < 4.78 is 0. The van der Waals surface area contributed by atoms with E-state index < -0.39 is 0 Å². The Bertz CT molecular complexity index is 1270. The molecule has 0 aliphatic carbocycles. The third-order valence-corrected chi connectivity index (χ3v) is 7.36. The van der Waals surface area contributed by atoms with Gasteiger partial charge in [-0.25, -0.2) is 0 Å². The zero-order chi connectivity index (χ0) is 29.2. The number of anilines is 3. The van der Waals surface area contributed by atoms with Crippen molar-refractivity contribution in [2.45, 2.75) is 86.0 Å². The lowest BCUT2D eigenvalue weighted by Gasteiger charge is -2.28. The van der Waals surface area contributed by atoms with E-state index in [1.54, 1.807) is 23.1 Å². The van der Waals surface area contributed by atoms with Crippen molar-refractivity contribution in [1.29, 1.82) is 0 Å². The van der Waals surface area contributed by atoms with Gasteiger partial charge in [-0.05, 0) is 71.9 Å². The number of benzene rings is 2. The van der Waals surface area contributed by atoms with E-state index in [-0.39, 0.29) is 29.7 Å². The number of carbonyl (C=O) groups is 1. The van der Waals surface area contributed by atoms with Crippen molar-refractivity contribution >= 4 is 23.0 Å². The molecule has 3 N–H and O–H groups in total. The molecule has 1 heterocycles. The van der Waals surface area contributed by atoms with Crippen LogP contribution in [-0.2, 0) is 0 Å². The molecule has 0 radical (unpaired) electrons. The summed E-state index contributed by atoms with van der Waals surface area (Å²) in [5.74, 6) is -0.550. The highest BCUT2D eigenvalue weighted by molar-refractivity contribution is 6.15. The number of hydrogen-bond donors (Lipinski definition) is 3. The van der Waals surface area contributed by atoms with Gasteiger partial charge >= 0.3 is 0 Å². The number of amides is 1. The van der Waals surface area contributed by atoms with Crippen LogP contribution in [0.1, 0.15) is 96.3 Å². The zero-order valence-corrected chi connectivity index (χ0v) is 24.8. The van der Waals surface area contributed by atoms with E-state index in [1.165, 1.54) is 23.3 Å². The van der Waals surface area contributed by atoms with Crippen molar-refractivity contribution in [1.82, 2.24) is 0 Å². The second-order valence-corrected chi connectivity index (χ2v) is 11.1. The lowest BCUT2D eigenvalue weighted by molar-refractivity contribution is 0.0990. The summed E-state index contributed by atoms with van der Waals surface area (Å²) in [7, 11) is 0. The molecule has 0 atom stereocenters. The standard InChI is InChI=1S/C34H46N2O4/c1-6-7-8-9-20-36-32-28(17-12-18-30(32)38)34(40)35(29-22-27(37)23-31(39)33(29)36)21-19-26(5)16-11-15-25(4)14-10-13-24(2)3/h12-13,15,17-19,22-23,37-39H,6-11,14,16,20-21H2,1-5H3/b25-15+,26-19+. The number of nitrogens with zero attached hydrogens (tertiary/aromatic N) is 2. The molecule has 2 aromatic rings. The van der Waals surface area contributed by atoms with Gasteiger partial charge in [-0.1, -0.05) is 67.2 Å². The molecule has 6 nitrogen and oxygen atoms in total. The van der Waals surface area contributed by atoms with Gasteiger partial charge in [-0.3, -0.25) is 4.79 Å². The van der Waals surface area contributed by atoms with Crippen LogP contribution in [0.2, 0.25) is 0 Å². The van der Waals surface area contributed by atoms with Crippen LogP contribution in [0.3, 0.4) is 0 Å². The molecule has 1 aliphatic rings. The van der Waals surface area contributed by atoms with Crippen molar-refractivity contribution in [2.75, 3.05) is 22.9 Å². The van der Waals surface area contributed by atoms with E-state index in [0.717, 1.165) is 56.9 Å². The number of phenolic OH excluding ortho intramolecular Hbond substituents is 3. The largest absolute Gasteiger partial charge is 0.508 e. The summed E-state index contributed by atoms with van der Waals surface area (Å²) in [5.41, 5.74) is 5.48. The maximum Gasteiger partial charge on any atom is 0.260 e. The van der Waals surface area contributed by atoms with Crippen LogP contribution >= 0.6 is 0 Å². The second-order valence-electron chi connectivity index (χ2n) is 11.1. The average molecular weight is 547 g/mol. The lowest BCUT2D eigenvalue weighted by atomic mass is 10.1. The molecule has 216 valence electrons. The predicted molar refractivity (Wildman–Crippen MR) is 166 cm³/mol. The number of unbranched alkanes of at least 4 members (excludes halogenated alkanes) is 3. The van der Waals surface area contributed by atoms with Crippen LogP contribution in [-0.4, -0.2) is 34.3 Å². The fourth-order valence-electron chi connectivity index (χ4n) is 5.11. The van der Waals surface area contributed by atoms with Crippen molar-refractivity contribution < 1.29 is 20.1 Å². The van der Waals surface area contributed by atoms with Gasteiger partial charge in [-0.15, -0.1) is 0 Å². The molecular weight excluding hydrogens is 500 g/mol. The van der Waals surface area contributed by atoms with Crippen LogP contribution in [0.5, 0.6) is 17.2 Å². The Hall–Kier alpha value is -3.67. The van der Waals surface area contributed by atoms with Crippen molar-refractivity contribution in [2.24, 2.45) is 0 Å². The highest BCUT2D eigenvalue weighted by Gasteiger charge is 2.34. The van der Waals surface area contributed by atoms with Gasteiger partial charge in [-0.2, -0.15) is 0 Å². The van der Waals surface area contributed by atoms with E-state index >= 15 is 0 Å². The van der Waals surface area contributed by atoms with Crippen LogP contribution < -0.4 is 9.80 Å². The molecule has 0 spiro atoms. The molecule has 2 aromatic carbocycles. The molecule has 0 aromatic heterocycles. The van der Waals surface area contributed by atoms with E-state index in [1.807, 2.05) is 11.0 Å². The van der Waals surface area contributed by atoms with Crippen molar-refractivity contribution in [3.8, 4) is 17.2 Å². The third-order valence-electron chi connectivity index (χ3n) is 7.36. The molecule has 0 saturated carbocycles.